The number of carbonyl (C=O) groups excluding carboxylic acids is 1. The Morgan fingerprint density at radius 1 is 1.37 bits per heavy atom. The van der Waals surface area contributed by atoms with Gasteiger partial charge in [0.05, 0.1) is 6.10 Å². The van der Waals surface area contributed by atoms with E-state index in [1.54, 1.807) is 0 Å². The molecule has 3 rings (SSSR count). The Hall–Kier alpha value is -1.55. The summed E-state index contributed by atoms with van der Waals surface area (Å²) in [5, 5.41) is 9.82. The lowest BCUT2D eigenvalue weighted by Crippen LogP contribution is -2.44. The molecular formula is C15H20N2O2. The van der Waals surface area contributed by atoms with Crippen molar-refractivity contribution >= 4 is 11.6 Å². The molecule has 4 nitrogen and oxygen atoms in total. The zero-order chi connectivity index (χ0) is 13.4. The van der Waals surface area contributed by atoms with Crippen LogP contribution in [-0.4, -0.2) is 29.7 Å². The van der Waals surface area contributed by atoms with Crippen molar-refractivity contribution in [2.75, 3.05) is 11.4 Å². The molecule has 0 bridgehead atoms. The Morgan fingerprint density at radius 3 is 3.00 bits per heavy atom. The Morgan fingerprint density at radius 2 is 2.21 bits per heavy atom. The van der Waals surface area contributed by atoms with Crippen molar-refractivity contribution in [3.05, 3.63) is 29.3 Å². The average Bonchev–Trinajstić information content (AvgIpc) is 2.56. The lowest BCUT2D eigenvalue weighted by molar-refractivity contribution is 0.1000. The largest absolute Gasteiger partial charge is 0.393 e. The number of hydrogen-bond acceptors (Lipinski definition) is 3. The van der Waals surface area contributed by atoms with Crippen molar-refractivity contribution in [2.24, 2.45) is 5.73 Å². The summed E-state index contributed by atoms with van der Waals surface area (Å²) in [5.41, 5.74) is 8.38. The average molecular weight is 260 g/mol. The molecule has 19 heavy (non-hydrogen) atoms. The number of aryl methyl sites for hydroxylation is 1. The van der Waals surface area contributed by atoms with E-state index in [0.29, 0.717) is 11.6 Å². The van der Waals surface area contributed by atoms with Gasteiger partial charge in [0, 0.05) is 23.8 Å². The normalized spacial score (nSPS) is 26.3. The molecule has 0 spiro atoms. The third-order valence-electron chi connectivity index (χ3n) is 4.35. The summed E-state index contributed by atoms with van der Waals surface area (Å²) in [5.74, 6) is -0.363. The van der Waals surface area contributed by atoms with Gasteiger partial charge < -0.3 is 15.7 Å². The molecule has 1 aromatic rings. The van der Waals surface area contributed by atoms with Gasteiger partial charge in [0.15, 0.2) is 0 Å². The Bertz CT molecular complexity index is 501. The maximum absolute atomic E-state index is 11.3. The zero-order valence-corrected chi connectivity index (χ0v) is 11.0. The van der Waals surface area contributed by atoms with Gasteiger partial charge in [-0.3, -0.25) is 4.79 Å². The van der Waals surface area contributed by atoms with Gasteiger partial charge in [0.1, 0.15) is 0 Å². The van der Waals surface area contributed by atoms with Crippen LogP contribution in [0.3, 0.4) is 0 Å². The summed E-state index contributed by atoms with van der Waals surface area (Å²) in [7, 11) is 0. The Kier molecular flexibility index (Phi) is 3.19. The predicted octanol–water partition coefficient (Wildman–Crippen LogP) is 1.45. The summed E-state index contributed by atoms with van der Waals surface area (Å²) < 4.78 is 0. The monoisotopic (exact) mass is 260 g/mol. The fourth-order valence-electron chi connectivity index (χ4n) is 3.37. The second-order valence-electron chi connectivity index (χ2n) is 5.63. The van der Waals surface area contributed by atoms with Crippen LogP contribution in [0.4, 0.5) is 5.69 Å². The number of aliphatic hydroxyl groups excluding tert-OH is 1. The molecule has 2 heterocycles. The summed E-state index contributed by atoms with van der Waals surface area (Å²) in [6.45, 7) is 0.898. The second-order valence-corrected chi connectivity index (χ2v) is 5.63. The lowest BCUT2D eigenvalue weighted by atomic mass is 9.96. The number of amides is 1. The highest BCUT2D eigenvalue weighted by molar-refractivity contribution is 5.93. The van der Waals surface area contributed by atoms with E-state index >= 15 is 0 Å². The number of hydrogen-bond donors (Lipinski definition) is 2. The third kappa shape index (κ3) is 2.32. The van der Waals surface area contributed by atoms with Gasteiger partial charge >= 0.3 is 0 Å². The molecule has 2 aliphatic rings. The Balaban J connectivity index is 1.96. The van der Waals surface area contributed by atoms with E-state index in [0.717, 1.165) is 38.6 Å². The fourth-order valence-corrected chi connectivity index (χ4v) is 3.37. The molecule has 0 aliphatic carbocycles. The second kappa shape index (κ2) is 4.85. The molecule has 0 radical (unpaired) electrons. The molecule has 0 aromatic heterocycles. The number of primary amides is 1. The molecule has 102 valence electrons. The van der Waals surface area contributed by atoms with E-state index in [1.165, 1.54) is 11.3 Å². The van der Waals surface area contributed by atoms with Crippen molar-refractivity contribution in [3.8, 4) is 0 Å². The topological polar surface area (TPSA) is 66.6 Å². The van der Waals surface area contributed by atoms with E-state index in [-0.39, 0.29) is 12.0 Å². The molecule has 2 atom stereocenters. The molecule has 2 aliphatic heterocycles. The van der Waals surface area contributed by atoms with Gasteiger partial charge in [-0.05, 0) is 55.9 Å². The quantitative estimate of drug-likeness (QED) is 0.803. The van der Waals surface area contributed by atoms with E-state index in [4.69, 9.17) is 5.73 Å². The van der Waals surface area contributed by atoms with Crippen LogP contribution in [0.1, 0.15) is 41.6 Å². The molecular weight excluding hydrogens is 240 g/mol. The predicted molar refractivity (Wildman–Crippen MR) is 74.3 cm³/mol. The number of benzene rings is 1. The molecule has 0 saturated carbocycles. The first-order valence-electron chi connectivity index (χ1n) is 7.02. The summed E-state index contributed by atoms with van der Waals surface area (Å²) in [6, 6.07) is 6.20. The van der Waals surface area contributed by atoms with Crippen molar-refractivity contribution in [1.82, 2.24) is 0 Å². The first-order chi connectivity index (χ1) is 9.15. The van der Waals surface area contributed by atoms with E-state index in [2.05, 4.69) is 4.90 Å². The van der Waals surface area contributed by atoms with E-state index < -0.39 is 0 Å². The van der Waals surface area contributed by atoms with Crippen LogP contribution in [0.5, 0.6) is 0 Å². The fraction of sp³-hybridized carbons (Fsp3) is 0.533. The molecule has 1 aromatic carbocycles. The van der Waals surface area contributed by atoms with Gasteiger partial charge in [-0.25, -0.2) is 0 Å². The first kappa shape index (κ1) is 12.5. The molecule has 1 amide bonds. The van der Waals surface area contributed by atoms with Crippen LogP contribution in [-0.2, 0) is 6.42 Å². The Labute approximate surface area is 113 Å². The maximum atomic E-state index is 11.3. The van der Waals surface area contributed by atoms with Crippen LogP contribution in [0.25, 0.3) is 0 Å². The number of aliphatic hydroxyl groups is 1. The van der Waals surface area contributed by atoms with E-state index in [1.807, 2.05) is 18.2 Å². The smallest absolute Gasteiger partial charge is 0.248 e. The van der Waals surface area contributed by atoms with Gasteiger partial charge in [-0.2, -0.15) is 0 Å². The summed E-state index contributed by atoms with van der Waals surface area (Å²) in [6.07, 6.45) is 4.72. The molecule has 2 unspecified atom stereocenters. The molecule has 3 N–H and O–H groups in total. The number of rotatable bonds is 1. The third-order valence-corrected chi connectivity index (χ3v) is 4.35. The number of carbonyl (C=O) groups is 1. The number of piperidine rings is 1. The van der Waals surface area contributed by atoms with Crippen molar-refractivity contribution < 1.29 is 9.90 Å². The van der Waals surface area contributed by atoms with Gasteiger partial charge in [-0.1, -0.05) is 0 Å². The van der Waals surface area contributed by atoms with Gasteiger partial charge in [-0.15, -0.1) is 0 Å². The minimum Gasteiger partial charge on any atom is -0.393 e. The first-order valence-corrected chi connectivity index (χ1v) is 7.02. The van der Waals surface area contributed by atoms with Crippen LogP contribution in [0.15, 0.2) is 18.2 Å². The number of nitrogens with zero attached hydrogens (tertiary/aromatic N) is 1. The SMILES string of the molecule is NC(=O)c1ccc2c(c1)CCCC1CC(O)CCN21. The van der Waals surface area contributed by atoms with Crippen molar-refractivity contribution in [2.45, 2.75) is 44.2 Å². The van der Waals surface area contributed by atoms with Crippen LogP contribution >= 0.6 is 0 Å². The molecule has 1 fully saturated rings. The molecule has 4 heteroatoms. The maximum Gasteiger partial charge on any atom is 0.248 e. The molecule has 1 saturated heterocycles. The number of fused-ring (bicyclic) bond motifs is 3. The van der Waals surface area contributed by atoms with Crippen molar-refractivity contribution in [1.29, 1.82) is 0 Å². The van der Waals surface area contributed by atoms with Gasteiger partial charge in [0.25, 0.3) is 0 Å². The lowest BCUT2D eigenvalue weighted by Gasteiger charge is -2.39. The van der Waals surface area contributed by atoms with Crippen LogP contribution in [0.2, 0.25) is 0 Å². The minimum atomic E-state index is -0.363. The van der Waals surface area contributed by atoms with Gasteiger partial charge in [0.2, 0.25) is 5.91 Å². The zero-order valence-electron chi connectivity index (χ0n) is 11.0. The van der Waals surface area contributed by atoms with Crippen molar-refractivity contribution in [3.63, 3.8) is 0 Å². The van der Waals surface area contributed by atoms with Crippen LogP contribution in [0, 0.1) is 0 Å². The highest BCUT2D eigenvalue weighted by atomic mass is 16.3. The van der Waals surface area contributed by atoms with Crippen LogP contribution < -0.4 is 10.6 Å². The standard InChI is InChI=1S/C15H20N2O2/c16-15(19)11-4-5-14-10(8-11)2-1-3-12-9-13(18)6-7-17(12)14/h4-5,8,12-13,18H,1-3,6-7,9H2,(H2,16,19). The minimum absolute atomic E-state index is 0.160. The number of anilines is 1. The number of nitrogens with two attached hydrogens (primary N) is 1. The highest BCUT2D eigenvalue weighted by Gasteiger charge is 2.30. The summed E-state index contributed by atoms with van der Waals surface area (Å²) >= 11 is 0. The highest BCUT2D eigenvalue weighted by Crippen LogP contribution is 2.34. The summed E-state index contributed by atoms with van der Waals surface area (Å²) in [4.78, 5) is 13.7. The van der Waals surface area contributed by atoms with E-state index in [9.17, 15) is 9.90 Å².